The normalized spacial score (nSPS) is 20.6. The molecule has 0 amide bonds. The molecule has 1 aliphatic rings. The van der Waals surface area contributed by atoms with Crippen LogP contribution in [0.3, 0.4) is 0 Å². The topological polar surface area (TPSA) is 61.8 Å². The van der Waals surface area contributed by atoms with E-state index in [1.165, 1.54) is 11.6 Å². The highest BCUT2D eigenvalue weighted by Crippen LogP contribution is 2.54. The lowest BCUT2D eigenvalue weighted by molar-refractivity contribution is 0.603. The largest absolute Gasteiger partial charge is 0.332 e. The second kappa shape index (κ2) is 4.35. The first-order valence-corrected chi connectivity index (χ1v) is 7.48. The Balaban J connectivity index is 2.26. The molecular weight excluding hydrogens is 371 g/mol. The highest BCUT2D eigenvalue weighted by Gasteiger charge is 2.51. The Labute approximate surface area is 132 Å². The van der Waals surface area contributed by atoms with Crippen molar-refractivity contribution in [2.24, 2.45) is 20.0 Å². The number of halogens is 3. The minimum atomic E-state index is -0.728. The molecule has 9 heteroatoms. The highest BCUT2D eigenvalue weighted by atomic mass is 79.9. The average molecular weight is 382 g/mol. The van der Waals surface area contributed by atoms with Crippen molar-refractivity contribution in [2.45, 2.75) is 17.3 Å². The van der Waals surface area contributed by atoms with Crippen LogP contribution in [-0.4, -0.2) is 23.0 Å². The molecule has 108 valence electrons. The molecule has 0 spiro atoms. The molecule has 6 nitrogen and oxygen atoms in total. The molecule has 1 saturated carbocycles. The fraction of sp³-hybridized carbons (Fsp3) is 0.545. The van der Waals surface area contributed by atoms with E-state index in [1.54, 1.807) is 11.6 Å². The number of aromatic nitrogens is 4. The summed E-state index contributed by atoms with van der Waals surface area (Å²) in [5, 5.41) is 0. The van der Waals surface area contributed by atoms with E-state index in [-0.39, 0.29) is 11.4 Å². The van der Waals surface area contributed by atoms with E-state index in [4.69, 9.17) is 23.2 Å². The third kappa shape index (κ3) is 1.95. The molecule has 1 atom stereocenters. The second-order valence-corrected chi connectivity index (χ2v) is 7.28. The zero-order valence-electron chi connectivity index (χ0n) is 10.7. The van der Waals surface area contributed by atoms with Crippen LogP contribution in [0.4, 0.5) is 0 Å². The number of hydrogen-bond donors (Lipinski definition) is 0. The molecule has 3 rings (SSSR count). The van der Waals surface area contributed by atoms with E-state index < -0.39 is 15.6 Å². The minimum Gasteiger partial charge on any atom is -0.304 e. The lowest BCUT2D eigenvalue weighted by Crippen LogP contribution is -2.37. The lowest BCUT2D eigenvalue weighted by atomic mass is 10.4. The van der Waals surface area contributed by atoms with E-state index in [2.05, 4.69) is 20.9 Å². The fourth-order valence-electron chi connectivity index (χ4n) is 2.31. The van der Waals surface area contributed by atoms with Gasteiger partial charge in [0.05, 0.1) is 0 Å². The van der Waals surface area contributed by atoms with Crippen LogP contribution in [0.25, 0.3) is 11.2 Å². The van der Waals surface area contributed by atoms with Gasteiger partial charge in [0.2, 0.25) is 0 Å². The number of rotatable bonds is 2. The van der Waals surface area contributed by atoms with Crippen molar-refractivity contribution in [1.82, 2.24) is 18.7 Å². The Hall–Kier alpha value is -0.790. The monoisotopic (exact) mass is 380 g/mol. The quantitative estimate of drug-likeness (QED) is 0.583. The molecule has 0 saturated heterocycles. The first-order valence-electron chi connectivity index (χ1n) is 5.93. The van der Waals surface area contributed by atoms with Crippen LogP contribution in [0.1, 0.15) is 6.42 Å². The van der Waals surface area contributed by atoms with Crippen molar-refractivity contribution in [2.75, 3.05) is 0 Å². The molecule has 2 heterocycles. The van der Waals surface area contributed by atoms with Crippen LogP contribution in [0.15, 0.2) is 14.3 Å². The van der Waals surface area contributed by atoms with Crippen molar-refractivity contribution in [3.05, 3.63) is 25.6 Å². The molecule has 1 unspecified atom stereocenters. The summed E-state index contributed by atoms with van der Waals surface area (Å²) in [5.74, 6) is 0.0821. The Morgan fingerprint density at radius 3 is 2.50 bits per heavy atom. The first-order chi connectivity index (χ1) is 9.24. The molecular formula is C11H11BrCl2N4O2. The van der Waals surface area contributed by atoms with E-state index in [0.29, 0.717) is 23.3 Å². The van der Waals surface area contributed by atoms with Gasteiger partial charge in [0.1, 0.15) is 4.33 Å². The minimum absolute atomic E-state index is 0.0821. The van der Waals surface area contributed by atoms with Crippen LogP contribution < -0.4 is 11.2 Å². The molecule has 1 fully saturated rings. The van der Waals surface area contributed by atoms with Gasteiger partial charge in [-0.3, -0.25) is 13.9 Å². The number of alkyl halides is 2. The number of imidazole rings is 1. The van der Waals surface area contributed by atoms with Crippen LogP contribution in [0.2, 0.25) is 0 Å². The maximum Gasteiger partial charge on any atom is 0.332 e. The predicted molar refractivity (Wildman–Crippen MR) is 80.5 cm³/mol. The van der Waals surface area contributed by atoms with Gasteiger partial charge in [-0.1, -0.05) is 0 Å². The van der Waals surface area contributed by atoms with Crippen LogP contribution in [0, 0.1) is 5.92 Å². The molecule has 20 heavy (non-hydrogen) atoms. The standard InChI is InChI=1S/C11H11BrCl2N4O2/c1-16-7-6(8(19)17(2)10(16)20)15-9(12)18(7)4-5-3-11(5,13)14/h5H,3-4H2,1-2H3. The maximum atomic E-state index is 12.1. The number of aryl methyl sites for hydroxylation is 1. The van der Waals surface area contributed by atoms with Crippen molar-refractivity contribution >= 4 is 50.3 Å². The van der Waals surface area contributed by atoms with E-state index in [0.717, 1.165) is 4.57 Å². The highest BCUT2D eigenvalue weighted by molar-refractivity contribution is 9.10. The number of hydrogen-bond acceptors (Lipinski definition) is 3. The average Bonchev–Trinajstić information content (AvgIpc) is 2.84. The van der Waals surface area contributed by atoms with Crippen molar-refractivity contribution in [3.8, 4) is 0 Å². The smallest absolute Gasteiger partial charge is 0.304 e. The van der Waals surface area contributed by atoms with Gasteiger partial charge in [0.25, 0.3) is 5.56 Å². The van der Waals surface area contributed by atoms with E-state index >= 15 is 0 Å². The SMILES string of the molecule is Cn1c(=O)c2nc(Br)n(CC3CC3(Cl)Cl)c2n(C)c1=O. The summed E-state index contributed by atoms with van der Waals surface area (Å²) in [7, 11) is 3.04. The van der Waals surface area contributed by atoms with E-state index in [1.807, 2.05) is 0 Å². The molecule has 0 bridgehead atoms. The van der Waals surface area contributed by atoms with Crippen molar-refractivity contribution in [3.63, 3.8) is 0 Å². The van der Waals surface area contributed by atoms with Gasteiger partial charge in [-0.15, -0.1) is 23.2 Å². The summed E-state index contributed by atoms with van der Waals surface area (Å²) in [4.78, 5) is 28.3. The van der Waals surface area contributed by atoms with Crippen LogP contribution in [-0.2, 0) is 20.6 Å². The van der Waals surface area contributed by atoms with Gasteiger partial charge < -0.3 is 4.57 Å². The molecule has 2 aromatic rings. The third-order valence-corrected chi connectivity index (χ3v) is 5.18. The fourth-order valence-corrected chi connectivity index (χ4v) is 3.31. The summed E-state index contributed by atoms with van der Waals surface area (Å²) in [6, 6.07) is 0. The summed E-state index contributed by atoms with van der Waals surface area (Å²) < 4.78 is 3.96. The predicted octanol–water partition coefficient (Wildman–Crippen LogP) is 1.39. The zero-order chi connectivity index (χ0) is 14.8. The molecule has 0 aliphatic heterocycles. The van der Waals surface area contributed by atoms with Gasteiger partial charge in [0.15, 0.2) is 15.9 Å². The summed E-state index contributed by atoms with van der Waals surface area (Å²) in [6.07, 6.45) is 0.682. The Kier molecular flexibility index (Phi) is 3.08. The summed E-state index contributed by atoms with van der Waals surface area (Å²) >= 11 is 15.4. The summed E-state index contributed by atoms with van der Waals surface area (Å²) in [6.45, 7) is 0.504. The molecule has 0 N–H and O–H groups in total. The van der Waals surface area contributed by atoms with Crippen LogP contribution in [0.5, 0.6) is 0 Å². The second-order valence-electron chi connectivity index (χ2n) is 5.03. The van der Waals surface area contributed by atoms with Gasteiger partial charge in [-0.2, -0.15) is 0 Å². The maximum absolute atomic E-state index is 12.1. The Bertz CT molecular complexity index is 836. The van der Waals surface area contributed by atoms with Gasteiger partial charge in [-0.25, -0.2) is 9.78 Å². The Morgan fingerprint density at radius 2 is 1.95 bits per heavy atom. The molecule has 0 aromatic carbocycles. The van der Waals surface area contributed by atoms with E-state index in [9.17, 15) is 9.59 Å². The zero-order valence-corrected chi connectivity index (χ0v) is 13.8. The molecule has 1 aliphatic carbocycles. The lowest BCUT2D eigenvalue weighted by Gasteiger charge is -2.09. The first kappa shape index (κ1) is 14.2. The number of nitrogens with zero attached hydrogens (tertiary/aromatic N) is 4. The summed E-state index contributed by atoms with van der Waals surface area (Å²) in [5.41, 5.74) is -0.0887. The third-order valence-electron chi connectivity index (χ3n) is 3.65. The molecule has 0 radical (unpaired) electrons. The molecule has 2 aromatic heterocycles. The van der Waals surface area contributed by atoms with Gasteiger partial charge >= 0.3 is 5.69 Å². The van der Waals surface area contributed by atoms with Crippen LogP contribution >= 0.6 is 39.1 Å². The number of fused-ring (bicyclic) bond motifs is 1. The van der Waals surface area contributed by atoms with Crippen molar-refractivity contribution < 1.29 is 0 Å². The Morgan fingerprint density at radius 1 is 1.35 bits per heavy atom. The van der Waals surface area contributed by atoms with Gasteiger partial charge in [0, 0.05) is 26.6 Å². The van der Waals surface area contributed by atoms with Crippen molar-refractivity contribution in [1.29, 1.82) is 0 Å². The van der Waals surface area contributed by atoms with Gasteiger partial charge in [-0.05, 0) is 22.4 Å².